The van der Waals surface area contributed by atoms with Gasteiger partial charge in [-0.3, -0.25) is 0 Å². The summed E-state index contributed by atoms with van der Waals surface area (Å²) in [4.78, 5) is 0. The first-order chi connectivity index (χ1) is 7.29. The Labute approximate surface area is 82.8 Å². The van der Waals surface area contributed by atoms with E-state index in [1.54, 1.807) is 0 Å². The maximum absolute atomic E-state index is 12.7. The van der Waals surface area contributed by atoms with Gasteiger partial charge in [-0.1, -0.05) is 0 Å². The molecular weight excluding hydrogens is 248 g/mol. The molecule has 1 rings (SSSR count). The van der Waals surface area contributed by atoms with E-state index in [2.05, 4.69) is 0 Å². The molecule has 0 saturated carbocycles. The Hall–Kier alpha value is -1.60. The molecular formula is C8F8. The second kappa shape index (κ2) is 4.11. The maximum Gasteiger partial charge on any atom is 0.306 e. The minimum Gasteiger partial charge on any atom is -0.203 e. The van der Waals surface area contributed by atoms with Crippen LogP contribution in [-0.4, -0.2) is 0 Å². The molecule has 0 radical (unpaired) electrons. The number of hydrogen-bond donors (Lipinski definition) is 0. The summed E-state index contributed by atoms with van der Waals surface area (Å²) in [7, 11) is 0. The van der Waals surface area contributed by atoms with Crippen LogP contribution in [0, 0.1) is 29.1 Å². The smallest absolute Gasteiger partial charge is 0.203 e. The normalized spacial score (nSPS) is 10.5. The third kappa shape index (κ3) is 1.74. The van der Waals surface area contributed by atoms with E-state index in [-0.39, 0.29) is 0 Å². The number of rotatable bonds is 1. The van der Waals surface area contributed by atoms with Gasteiger partial charge >= 0.3 is 6.08 Å². The van der Waals surface area contributed by atoms with E-state index in [9.17, 15) is 35.1 Å². The van der Waals surface area contributed by atoms with Crippen LogP contribution < -0.4 is 0 Å². The highest BCUT2D eigenvalue weighted by Gasteiger charge is 2.29. The van der Waals surface area contributed by atoms with Crippen molar-refractivity contribution >= 4 is 5.83 Å². The topological polar surface area (TPSA) is 0 Å². The number of hydrogen-bond acceptors (Lipinski definition) is 0. The molecule has 0 aliphatic carbocycles. The van der Waals surface area contributed by atoms with Gasteiger partial charge in [-0.25, -0.2) is 26.3 Å². The molecule has 1 aromatic carbocycles. The molecule has 88 valence electrons. The summed E-state index contributed by atoms with van der Waals surface area (Å²) in [6.45, 7) is 0. The maximum atomic E-state index is 12.7. The van der Waals surface area contributed by atoms with Crippen LogP contribution in [-0.2, 0) is 0 Å². The highest BCUT2D eigenvalue weighted by atomic mass is 19.3. The van der Waals surface area contributed by atoms with Crippen molar-refractivity contribution in [1.82, 2.24) is 0 Å². The molecule has 0 amide bonds. The first-order valence-electron chi connectivity index (χ1n) is 3.51. The van der Waals surface area contributed by atoms with Gasteiger partial charge in [0.25, 0.3) is 0 Å². The molecule has 0 saturated heterocycles. The van der Waals surface area contributed by atoms with Gasteiger partial charge in [0.15, 0.2) is 23.3 Å². The summed E-state index contributed by atoms with van der Waals surface area (Å²) in [5, 5.41) is 0. The summed E-state index contributed by atoms with van der Waals surface area (Å²) >= 11 is 0. The lowest BCUT2D eigenvalue weighted by atomic mass is 10.1. The Morgan fingerprint density at radius 1 is 0.562 bits per heavy atom. The third-order valence-corrected chi connectivity index (χ3v) is 1.60. The lowest BCUT2D eigenvalue weighted by Crippen LogP contribution is -2.05. The van der Waals surface area contributed by atoms with Crippen LogP contribution >= 0.6 is 0 Å². The molecule has 0 fully saturated rings. The quantitative estimate of drug-likeness (QED) is 0.401. The zero-order chi connectivity index (χ0) is 12.6. The van der Waals surface area contributed by atoms with Crippen LogP contribution in [0.25, 0.3) is 5.83 Å². The molecule has 16 heavy (non-hydrogen) atoms. The van der Waals surface area contributed by atoms with E-state index in [1.807, 2.05) is 0 Å². The van der Waals surface area contributed by atoms with Crippen molar-refractivity contribution in [1.29, 1.82) is 0 Å². The van der Waals surface area contributed by atoms with Gasteiger partial charge in [-0.05, 0) is 0 Å². The highest BCUT2D eigenvalue weighted by Crippen LogP contribution is 2.31. The van der Waals surface area contributed by atoms with Gasteiger partial charge in [0, 0.05) is 0 Å². The Balaban J connectivity index is 3.72. The summed E-state index contributed by atoms with van der Waals surface area (Å²) < 4.78 is 98.4. The average Bonchev–Trinajstić information content (AvgIpc) is 2.23. The van der Waals surface area contributed by atoms with Crippen molar-refractivity contribution < 1.29 is 35.1 Å². The van der Waals surface area contributed by atoms with Crippen molar-refractivity contribution in [3.63, 3.8) is 0 Å². The van der Waals surface area contributed by atoms with E-state index < -0.39 is 46.6 Å². The highest BCUT2D eigenvalue weighted by molar-refractivity contribution is 5.61. The zero-order valence-electron chi connectivity index (χ0n) is 7.02. The summed E-state index contributed by atoms with van der Waals surface area (Å²) in [5.74, 6) is -15.6. The van der Waals surface area contributed by atoms with Crippen LogP contribution in [0.5, 0.6) is 0 Å². The molecule has 8 heteroatoms. The first kappa shape index (κ1) is 12.5. The van der Waals surface area contributed by atoms with Crippen LogP contribution in [0.3, 0.4) is 0 Å². The molecule has 1 aromatic rings. The lowest BCUT2D eigenvalue weighted by Gasteiger charge is -2.05. The predicted octanol–water partition coefficient (Wildman–Crippen LogP) is 3.92. The Kier molecular flexibility index (Phi) is 3.20. The van der Waals surface area contributed by atoms with Crippen LogP contribution in [0.15, 0.2) is 6.08 Å². The van der Waals surface area contributed by atoms with Gasteiger partial charge in [0.05, 0.1) is 5.56 Å². The minimum absolute atomic E-state index is 2.28. The Morgan fingerprint density at radius 2 is 0.875 bits per heavy atom. The summed E-state index contributed by atoms with van der Waals surface area (Å²) in [5.41, 5.74) is -2.28. The molecule has 0 heterocycles. The van der Waals surface area contributed by atoms with Gasteiger partial charge in [-0.15, -0.1) is 0 Å². The molecule has 0 N–H and O–H groups in total. The van der Waals surface area contributed by atoms with Crippen LogP contribution in [0.2, 0.25) is 0 Å². The monoisotopic (exact) mass is 248 g/mol. The van der Waals surface area contributed by atoms with E-state index in [0.717, 1.165) is 0 Å². The van der Waals surface area contributed by atoms with Gasteiger partial charge in [0.2, 0.25) is 11.6 Å². The molecule has 0 aliphatic heterocycles. The molecule has 0 bridgehead atoms. The van der Waals surface area contributed by atoms with E-state index in [0.29, 0.717) is 0 Å². The average molecular weight is 248 g/mol. The zero-order valence-corrected chi connectivity index (χ0v) is 7.02. The standard InChI is InChI=1S/C8F8/c9-2-1(4(11)8(15)16)3(10)6(13)7(14)5(2)12. The van der Waals surface area contributed by atoms with Crippen molar-refractivity contribution in [2.75, 3.05) is 0 Å². The largest absolute Gasteiger partial charge is 0.306 e. The second-order valence-corrected chi connectivity index (χ2v) is 2.52. The summed E-state index contributed by atoms with van der Waals surface area (Å²) in [6, 6.07) is 0. The van der Waals surface area contributed by atoms with Crippen molar-refractivity contribution in [3.8, 4) is 0 Å². The second-order valence-electron chi connectivity index (χ2n) is 2.52. The molecule has 0 atom stereocenters. The number of benzene rings is 1. The molecule has 0 unspecified atom stereocenters. The van der Waals surface area contributed by atoms with E-state index >= 15 is 0 Å². The van der Waals surface area contributed by atoms with E-state index in [1.165, 1.54) is 0 Å². The molecule has 0 nitrogen and oxygen atoms in total. The number of halogens is 8. The van der Waals surface area contributed by atoms with Crippen LogP contribution in [0.1, 0.15) is 5.56 Å². The fraction of sp³-hybridized carbons (Fsp3) is 0. The SMILES string of the molecule is FC(F)=C(F)c1c(F)c(F)c(F)c(F)c1F. The molecule has 0 aliphatic rings. The van der Waals surface area contributed by atoms with Crippen molar-refractivity contribution in [2.24, 2.45) is 0 Å². The molecule has 0 spiro atoms. The lowest BCUT2D eigenvalue weighted by molar-refractivity contribution is 0.369. The van der Waals surface area contributed by atoms with Gasteiger partial charge in [-0.2, -0.15) is 8.78 Å². The van der Waals surface area contributed by atoms with Gasteiger partial charge < -0.3 is 0 Å². The Bertz CT molecular complexity index is 442. The Morgan fingerprint density at radius 3 is 1.19 bits per heavy atom. The van der Waals surface area contributed by atoms with Gasteiger partial charge in [0.1, 0.15) is 0 Å². The predicted molar refractivity (Wildman–Crippen MR) is 36.5 cm³/mol. The summed E-state index contributed by atoms with van der Waals surface area (Å²) in [6.07, 6.45) is -3.19. The first-order valence-corrected chi connectivity index (χ1v) is 3.51. The van der Waals surface area contributed by atoms with E-state index in [4.69, 9.17) is 0 Å². The van der Waals surface area contributed by atoms with Crippen LogP contribution in [0.4, 0.5) is 35.1 Å². The molecule has 0 aromatic heterocycles. The minimum atomic E-state index is -3.19. The van der Waals surface area contributed by atoms with Crippen molar-refractivity contribution in [3.05, 3.63) is 40.7 Å². The fourth-order valence-corrected chi connectivity index (χ4v) is 0.892. The van der Waals surface area contributed by atoms with Crippen molar-refractivity contribution in [2.45, 2.75) is 0 Å². The third-order valence-electron chi connectivity index (χ3n) is 1.60. The fourth-order valence-electron chi connectivity index (χ4n) is 0.892.